The van der Waals surface area contributed by atoms with E-state index in [-0.39, 0.29) is 17.3 Å². The minimum absolute atomic E-state index is 0.156. The van der Waals surface area contributed by atoms with Crippen LogP contribution in [0.3, 0.4) is 0 Å². The highest BCUT2D eigenvalue weighted by Crippen LogP contribution is 2.26. The van der Waals surface area contributed by atoms with Gasteiger partial charge in [-0.05, 0) is 78.8 Å². The fourth-order valence-electron chi connectivity index (χ4n) is 3.77. The van der Waals surface area contributed by atoms with Gasteiger partial charge in [-0.15, -0.1) is 0 Å². The van der Waals surface area contributed by atoms with Gasteiger partial charge in [-0.1, -0.05) is 42.5 Å². The molecule has 3 aromatic rings. The third-order valence-corrected chi connectivity index (χ3v) is 7.93. The van der Waals surface area contributed by atoms with Crippen LogP contribution in [0.15, 0.2) is 96.0 Å². The molecule has 9 nitrogen and oxygen atoms in total. The van der Waals surface area contributed by atoms with E-state index in [1.165, 1.54) is 14.1 Å². The van der Waals surface area contributed by atoms with Crippen LogP contribution in [0, 0.1) is 0 Å². The maximum atomic E-state index is 12.5. The van der Waals surface area contributed by atoms with E-state index in [2.05, 4.69) is 20.8 Å². The third kappa shape index (κ3) is 6.95. The Balaban J connectivity index is 1.30. The first-order valence-corrected chi connectivity index (χ1v) is 14.3. The molecule has 1 amide bonds. The van der Waals surface area contributed by atoms with Crippen molar-refractivity contribution in [3.8, 4) is 16.9 Å². The number of sulfonamides is 1. The number of amides is 1. The summed E-state index contributed by atoms with van der Waals surface area (Å²) in [5.74, 6) is 0.273. The van der Waals surface area contributed by atoms with Crippen molar-refractivity contribution in [1.82, 2.24) is 14.3 Å². The van der Waals surface area contributed by atoms with Gasteiger partial charge in [0.1, 0.15) is 5.75 Å². The number of benzene rings is 3. The number of allylic oxidation sites excluding steroid dienone is 2. The lowest BCUT2D eigenvalue weighted by atomic mass is 9.99. The van der Waals surface area contributed by atoms with Gasteiger partial charge in [0.2, 0.25) is 15.9 Å². The van der Waals surface area contributed by atoms with Gasteiger partial charge in [0.25, 0.3) is 11.3 Å². The van der Waals surface area contributed by atoms with Crippen molar-refractivity contribution < 1.29 is 21.6 Å². The molecule has 4 rings (SSSR count). The molecule has 0 fully saturated rings. The SMILES string of the molecule is CNS(=O)Oc1ccc(NC(=O)CN2C=CC(c3ccc(-c4ccc(S(=O)(=O)NC)cc4)cc3)=CC2)cc1. The van der Waals surface area contributed by atoms with Crippen molar-refractivity contribution >= 4 is 38.5 Å². The number of carbonyl (C=O) groups is 1. The molecule has 1 aliphatic rings. The minimum atomic E-state index is -3.46. The average Bonchev–Trinajstić information content (AvgIpc) is 2.94. The van der Waals surface area contributed by atoms with E-state index in [1.807, 2.05) is 41.4 Å². The largest absolute Gasteiger partial charge is 0.389 e. The van der Waals surface area contributed by atoms with Crippen LogP contribution >= 0.6 is 0 Å². The first kappa shape index (κ1) is 27.3. The van der Waals surface area contributed by atoms with Gasteiger partial charge in [0.05, 0.1) is 11.4 Å². The molecule has 0 spiro atoms. The summed E-state index contributed by atoms with van der Waals surface area (Å²) in [5, 5.41) is 2.84. The monoisotopic (exact) mass is 552 g/mol. The molecule has 0 saturated heterocycles. The van der Waals surface area contributed by atoms with Crippen LogP contribution in [-0.4, -0.2) is 50.6 Å². The van der Waals surface area contributed by atoms with E-state index in [9.17, 15) is 17.4 Å². The van der Waals surface area contributed by atoms with Crippen molar-refractivity contribution in [3.63, 3.8) is 0 Å². The Morgan fingerprint density at radius 3 is 2.08 bits per heavy atom. The van der Waals surface area contributed by atoms with Crippen molar-refractivity contribution in [3.05, 3.63) is 96.7 Å². The van der Waals surface area contributed by atoms with Crippen LogP contribution in [-0.2, 0) is 26.1 Å². The first-order valence-electron chi connectivity index (χ1n) is 11.7. The highest BCUT2D eigenvalue weighted by atomic mass is 32.2. The molecule has 1 aliphatic heterocycles. The first-order chi connectivity index (χ1) is 18.3. The molecular formula is C27H28N4O5S2. The Bertz CT molecular complexity index is 1470. The second-order valence-corrected chi connectivity index (χ2v) is 11.2. The molecule has 38 heavy (non-hydrogen) atoms. The van der Waals surface area contributed by atoms with Crippen molar-refractivity contribution in [1.29, 1.82) is 0 Å². The number of hydrogen-bond donors (Lipinski definition) is 3. The zero-order chi connectivity index (χ0) is 27.1. The standard InChI is InChI=1S/C27H28N4O5S2/c1-28-37(33)36-25-11-9-24(10-12-25)30-27(32)19-31-17-15-23(16-18-31)21-5-3-20(4-6-21)22-7-13-26(14-8-22)38(34,35)29-2/h3-17,28-29H,18-19H2,1-2H3,(H,30,32). The van der Waals surface area contributed by atoms with E-state index in [0.29, 0.717) is 18.0 Å². The molecule has 1 heterocycles. The highest BCUT2D eigenvalue weighted by molar-refractivity contribution is 7.89. The fourth-order valence-corrected chi connectivity index (χ4v) is 4.87. The molecule has 0 radical (unpaired) electrons. The Labute approximate surface area is 225 Å². The minimum Gasteiger partial charge on any atom is -0.389 e. The quantitative estimate of drug-likeness (QED) is 0.356. The van der Waals surface area contributed by atoms with Crippen LogP contribution in [0.1, 0.15) is 5.56 Å². The molecule has 3 aromatic carbocycles. The normalized spacial score (nSPS) is 14.1. The van der Waals surface area contributed by atoms with Gasteiger partial charge in [-0.3, -0.25) is 4.79 Å². The summed E-state index contributed by atoms with van der Waals surface area (Å²) < 4.78 is 45.1. The van der Waals surface area contributed by atoms with Gasteiger partial charge in [-0.2, -0.15) is 4.21 Å². The van der Waals surface area contributed by atoms with E-state index in [1.54, 1.807) is 48.5 Å². The van der Waals surface area contributed by atoms with Gasteiger partial charge in [0.15, 0.2) is 0 Å². The molecule has 3 N–H and O–H groups in total. The fraction of sp³-hybridized carbons (Fsp3) is 0.148. The number of rotatable bonds is 10. The molecule has 0 aromatic heterocycles. The van der Waals surface area contributed by atoms with E-state index in [4.69, 9.17) is 4.18 Å². The molecule has 1 atom stereocenters. The summed E-state index contributed by atoms with van der Waals surface area (Å²) in [7, 11) is -0.548. The summed E-state index contributed by atoms with van der Waals surface area (Å²) in [6, 6.07) is 21.4. The maximum absolute atomic E-state index is 12.5. The zero-order valence-corrected chi connectivity index (χ0v) is 22.5. The lowest BCUT2D eigenvalue weighted by molar-refractivity contribution is -0.116. The molecule has 0 aliphatic carbocycles. The van der Waals surface area contributed by atoms with Gasteiger partial charge < -0.3 is 14.4 Å². The summed E-state index contributed by atoms with van der Waals surface area (Å²) >= 11 is -1.61. The number of nitrogens with one attached hydrogen (secondary N) is 3. The summed E-state index contributed by atoms with van der Waals surface area (Å²) in [6.45, 7) is 0.783. The number of carbonyl (C=O) groups excluding carboxylic acids is 1. The lowest BCUT2D eigenvalue weighted by Gasteiger charge is -2.22. The Morgan fingerprint density at radius 2 is 1.53 bits per heavy atom. The number of anilines is 1. The molecule has 11 heteroatoms. The number of hydrogen-bond acceptors (Lipinski definition) is 6. The van der Waals surface area contributed by atoms with E-state index >= 15 is 0 Å². The molecule has 0 bridgehead atoms. The predicted octanol–water partition coefficient (Wildman–Crippen LogP) is 3.29. The Kier molecular flexibility index (Phi) is 8.74. The summed E-state index contributed by atoms with van der Waals surface area (Å²) in [5.41, 5.74) is 4.62. The van der Waals surface area contributed by atoms with Crippen LogP contribution in [0.25, 0.3) is 16.7 Å². The predicted molar refractivity (Wildman–Crippen MR) is 150 cm³/mol. The Hall–Kier alpha value is -3.77. The molecule has 1 unspecified atom stereocenters. The van der Waals surface area contributed by atoms with Gasteiger partial charge in [0, 0.05) is 18.4 Å². The molecular weight excluding hydrogens is 524 g/mol. The third-order valence-electron chi connectivity index (χ3n) is 5.82. The smallest absolute Gasteiger partial charge is 0.287 e. The highest BCUT2D eigenvalue weighted by Gasteiger charge is 2.13. The van der Waals surface area contributed by atoms with Crippen molar-refractivity contribution in [2.75, 3.05) is 32.5 Å². The molecule has 198 valence electrons. The second kappa shape index (κ2) is 12.2. The van der Waals surface area contributed by atoms with E-state index in [0.717, 1.165) is 22.3 Å². The van der Waals surface area contributed by atoms with Crippen molar-refractivity contribution in [2.45, 2.75) is 4.90 Å². The maximum Gasteiger partial charge on any atom is 0.287 e. The lowest BCUT2D eigenvalue weighted by Crippen LogP contribution is -2.30. The van der Waals surface area contributed by atoms with Gasteiger partial charge in [-0.25, -0.2) is 17.9 Å². The van der Waals surface area contributed by atoms with Crippen LogP contribution in [0.5, 0.6) is 5.75 Å². The average molecular weight is 553 g/mol. The topological polar surface area (TPSA) is 117 Å². The number of nitrogens with zero attached hydrogens (tertiary/aromatic N) is 1. The summed E-state index contributed by atoms with van der Waals surface area (Å²) in [4.78, 5) is 14.6. The molecule has 0 saturated carbocycles. The van der Waals surface area contributed by atoms with E-state index < -0.39 is 21.3 Å². The zero-order valence-electron chi connectivity index (χ0n) is 20.9. The van der Waals surface area contributed by atoms with Crippen LogP contribution in [0.4, 0.5) is 5.69 Å². The van der Waals surface area contributed by atoms with Crippen LogP contribution in [0.2, 0.25) is 0 Å². The van der Waals surface area contributed by atoms with Gasteiger partial charge >= 0.3 is 0 Å². The van der Waals surface area contributed by atoms with Crippen molar-refractivity contribution in [2.24, 2.45) is 0 Å². The Morgan fingerprint density at radius 1 is 0.921 bits per heavy atom. The van der Waals surface area contributed by atoms with Crippen LogP contribution < -0.4 is 18.9 Å². The second-order valence-electron chi connectivity index (χ2n) is 8.31. The summed E-state index contributed by atoms with van der Waals surface area (Å²) in [6.07, 6.45) is 5.93.